The number of rotatable bonds is 2. The Hall–Kier alpha value is -3.07. The number of benzene rings is 2. The molecule has 0 aliphatic carbocycles. The third-order valence-electron chi connectivity index (χ3n) is 3.47. The Morgan fingerprint density at radius 2 is 1.74 bits per heavy atom. The van der Waals surface area contributed by atoms with Gasteiger partial charge in [-0.1, -0.05) is 0 Å². The molecular weight excluding hydrogens is 326 g/mol. The van der Waals surface area contributed by atoms with Gasteiger partial charge in [-0.3, -0.25) is 14.9 Å². The van der Waals surface area contributed by atoms with E-state index >= 15 is 0 Å². The lowest BCUT2D eigenvalue weighted by Gasteiger charge is -2.18. The van der Waals surface area contributed by atoms with Gasteiger partial charge in [-0.2, -0.15) is 0 Å². The fourth-order valence-electron chi connectivity index (χ4n) is 2.37. The van der Waals surface area contributed by atoms with Gasteiger partial charge in [0.1, 0.15) is 0 Å². The van der Waals surface area contributed by atoms with Gasteiger partial charge in [-0.25, -0.2) is 13.2 Å². The topological polar surface area (TPSA) is 132 Å². The Labute approximate surface area is 129 Å². The van der Waals surface area contributed by atoms with Gasteiger partial charge in [0.2, 0.25) is 9.84 Å². The van der Waals surface area contributed by atoms with Crippen LogP contribution in [0.15, 0.2) is 46.2 Å². The molecule has 0 radical (unpaired) electrons. The molecule has 0 fully saturated rings. The molecule has 0 aromatic heterocycles. The van der Waals surface area contributed by atoms with Gasteiger partial charge in [0.15, 0.2) is 5.78 Å². The second-order valence-electron chi connectivity index (χ2n) is 4.79. The highest BCUT2D eigenvalue weighted by Gasteiger charge is 2.36. The van der Waals surface area contributed by atoms with E-state index in [1.807, 2.05) is 0 Å². The smallest absolute Gasteiger partial charge is 0.335 e. The number of fused-ring (bicyclic) bond motifs is 2. The summed E-state index contributed by atoms with van der Waals surface area (Å²) in [4.78, 5) is 32.7. The Morgan fingerprint density at radius 1 is 1.04 bits per heavy atom. The van der Waals surface area contributed by atoms with Crippen LogP contribution in [0.4, 0.5) is 5.69 Å². The normalized spacial score (nSPS) is 14.7. The fraction of sp³-hybridized carbons (Fsp3) is 0. The first-order chi connectivity index (χ1) is 10.7. The zero-order valence-corrected chi connectivity index (χ0v) is 12.0. The van der Waals surface area contributed by atoms with Crippen LogP contribution in [0.2, 0.25) is 0 Å². The maximum absolute atomic E-state index is 12.6. The second kappa shape index (κ2) is 4.71. The quantitative estimate of drug-likeness (QED) is 0.557. The molecule has 1 N–H and O–H groups in total. The molecule has 116 valence electrons. The molecule has 2 aromatic rings. The molecule has 23 heavy (non-hydrogen) atoms. The van der Waals surface area contributed by atoms with Gasteiger partial charge in [-0.05, 0) is 24.3 Å². The number of nitro benzene ring substituents is 1. The number of non-ortho nitro benzene ring substituents is 1. The lowest BCUT2D eigenvalue weighted by molar-refractivity contribution is -0.384. The molecule has 0 saturated heterocycles. The van der Waals surface area contributed by atoms with Crippen molar-refractivity contribution in [3.8, 4) is 0 Å². The molecule has 9 heteroatoms. The van der Waals surface area contributed by atoms with E-state index in [9.17, 15) is 28.1 Å². The number of carboxylic acid groups (broad SMARTS) is 1. The molecule has 8 nitrogen and oxygen atoms in total. The highest BCUT2D eigenvalue weighted by molar-refractivity contribution is 7.91. The van der Waals surface area contributed by atoms with Crippen LogP contribution in [0, 0.1) is 10.1 Å². The van der Waals surface area contributed by atoms with Crippen molar-refractivity contribution in [2.24, 2.45) is 0 Å². The van der Waals surface area contributed by atoms with Crippen molar-refractivity contribution >= 4 is 27.3 Å². The van der Waals surface area contributed by atoms with E-state index < -0.39 is 37.1 Å². The molecule has 0 atom stereocenters. The number of carbonyl (C=O) groups excluding carboxylic acids is 1. The van der Waals surface area contributed by atoms with E-state index in [1.54, 1.807) is 0 Å². The van der Waals surface area contributed by atoms with Gasteiger partial charge in [0.05, 0.1) is 20.3 Å². The first-order valence-electron chi connectivity index (χ1n) is 6.19. The van der Waals surface area contributed by atoms with Crippen molar-refractivity contribution in [3.05, 3.63) is 63.2 Å². The maximum atomic E-state index is 12.6. The predicted octanol–water partition coefficient (Wildman–Crippen LogP) is 1.67. The average molecular weight is 333 g/mol. The lowest BCUT2D eigenvalue weighted by atomic mass is 10.0. The van der Waals surface area contributed by atoms with Gasteiger partial charge < -0.3 is 5.11 Å². The van der Waals surface area contributed by atoms with E-state index in [1.165, 1.54) is 0 Å². The summed E-state index contributed by atoms with van der Waals surface area (Å²) in [5.41, 5.74) is -1.18. The van der Waals surface area contributed by atoms with Crippen LogP contribution in [0.5, 0.6) is 0 Å². The van der Waals surface area contributed by atoms with Crippen molar-refractivity contribution in [3.63, 3.8) is 0 Å². The van der Waals surface area contributed by atoms with Crippen molar-refractivity contribution in [1.29, 1.82) is 0 Å². The summed E-state index contributed by atoms with van der Waals surface area (Å²) >= 11 is 0. The number of hydrogen-bond acceptors (Lipinski definition) is 6. The Kier molecular flexibility index (Phi) is 3.04. The maximum Gasteiger partial charge on any atom is 0.335 e. The minimum Gasteiger partial charge on any atom is -0.478 e. The van der Waals surface area contributed by atoms with E-state index in [0.29, 0.717) is 0 Å². The third kappa shape index (κ3) is 2.09. The van der Waals surface area contributed by atoms with Crippen molar-refractivity contribution in [1.82, 2.24) is 0 Å². The molecule has 0 unspecified atom stereocenters. The van der Waals surface area contributed by atoms with Crippen molar-refractivity contribution in [2.75, 3.05) is 0 Å². The molecule has 1 aliphatic heterocycles. The van der Waals surface area contributed by atoms with Crippen LogP contribution in [-0.4, -0.2) is 30.2 Å². The number of nitrogens with zero attached hydrogens (tertiary/aromatic N) is 1. The number of carbonyl (C=O) groups is 2. The van der Waals surface area contributed by atoms with Gasteiger partial charge in [0.25, 0.3) is 5.69 Å². The highest BCUT2D eigenvalue weighted by Crippen LogP contribution is 2.36. The molecule has 3 rings (SSSR count). The summed E-state index contributed by atoms with van der Waals surface area (Å²) in [6, 6.07) is 5.99. The van der Waals surface area contributed by atoms with E-state index in [2.05, 4.69) is 0 Å². The Morgan fingerprint density at radius 3 is 2.35 bits per heavy atom. The van der Waals surface area contributed by atoms with Crippen molar-refractivity contribution in [2.45, 2.75) is 9.79 Å². The van der Waals surface area contributed by atoms with E-state index in [4.69, 9.17) is 5.11 Å². The van der Waals surface area contributed by atoms with Crippen molar-refractivity contribution < 1.29 is 28.0 Å². The summed E-state index contributed by atoms with van der Waals surface area (Å²) in [6.07, 6.45) is 0. The molecule has 0 amide bonds. The Bertz CT molecular complexity index is 1010. The minimum absolute atomic E-state index is 0.206. The second-order valence-corrected chi connectivity index (χ2v) is 6.67. The van der Waals surface area contributed by atoms with Gasteiger partial charge in [-0.15, -0.1) is 0 Å². The molecule has 1 aliphatic rings. The first kappa shape index (κ1) is 14.9. The number of carboxylic acids is 1. The summed E-state index contributed by atoms with van der Waals surface area (Å²) in [5, 5.41) is 19.8. The number of aromatic carboxylic acids is 1. The zero-order chi connectivity index (χ0) is 16.9. The molecule has 2 aromatic carbocycles. The van der Waals surface area contributed by atoms with E-state index in [0.717, 1.165) is 36.4 Å². The number of nitro groups is 1. The SMILES string of the molecule is O=C(O)c1ccc2c(c1)S(=O)(=O)c1ccc([N+](=O)[O-])cc1C2=O. The van der Waals surface area contributed by atoms with Crippen LogP contribution in [0.3, 0.4) is 0 Å². The molecule has 0 bridgehead atoms. The summed E-state index contributed by atoms with van der Waals surface area (Å²) in [6.45, 7) is 0. The standard InChI is InChI=1S/C14H7NO7S/c16-13-9-3-1-7(14(17)18)5-12(9)23(21,22)11-4-2-8(15(19)20)6-10(11)13/h1-6H,(H,17,18). The third-order valence-corrected chi connectivity index (χ3v) is 5.32. The summed E-state index contributed by atoms with van der Waals surface area (Å²) in [5.74, 6) is -2.03. The van der Waals surface area contributed by atoms with Gasteiger partial charge >= 0.3 is 5.97 Å². The molecule has 0 saturated carbocycles. The molecule has 0 spiro atoms. The zero-order valence-electron chi connectivity index (χ0n) is 11.2. The predicted molar refractivity (Wildman–Crippen MR) is 75.4 cm³/mol. The van der Waals surface area contributed by atoms with Gasteiger partial charge in [0, 0.05) is 23.3 Å². The Balaban J connectivity index is 2.33. The summed E-state index contributed by atoms with van der Waals surface area (Å²) < 4.78 is 25.2. The van der Waals surface area contributed by atoms with Crippen LogP contribution in [-0.2, 0) is 9.84 Å². The average Bonchev–Trinajstić information content (AvgIpc) is 2.51. The van der Waals surface area contributed by atoms with Crippen LogP contribution >= 0.6 is 0 Å². The minimum atomic E-state index is -4.14. The largest absolute Gasteiger partial charge is 0.478 e. The number of sulfone groups is 1. The number of hydrogen-bond donors (Lipinski definition) is 1. The van der Waals surface area contributed by atoms with Crippen LogP contribution < -0.4 is 0 Å². The first-order valence-corrected chi connectivity index (χ1v) is 7.67. The summed E-state index contributed by atoms with van der Waals surface area (Å²) in [7, 11) is -4.14. The van der Waals surface area contributed by atoms with Crippen LogP contribution in [0.1, 0.15) is 26.3 Å². The number of ketones is 1. The fourth-order valence-corrected chi connectivity index (χ4v) is 4.03. The van der Waals surface area contributed by atoms with Crippen LogP contribution in [0.25, 0.3) is 0 Å². The molecular formula is C14H7NO7S. The highest BCUT2D eigenvalue weighted by atomic mass is 32.2. The molecule has 1 heterocycles. The van der Waals surface area contributed by atoms with E-state index in [-0.39, 0.29) is 21.6 Å². The lowest BCUT2D eigenvalue weighted by Crippen LogP contribution is -2.21. The monoisotopic (exact) mass is 333 g/mol.